The van der Waals surface area contributed by atoms with Crippen LogP contribution in [0.25, 0.3) is 0 Å². The molecule has 1 aromatic carbocycles. The summed E-state index contributed by atoms with van der Waals surface area (Å²) in [5.74, 6) is 3.31. The first-order chi connectivity index (χ1) is 11.9. The molecule has 0 bridgehead atoms. The molecule has 0 radical (unpaired) electrons. The SMILES string of the molecule is C#CC(C)(C)C.CC.CC(C)C.CCCCC.Cc1ccc(F)c(C)c1. The van der Waals surface area contributed by atoms with Crippen molar-refractivity contribution < 1.29 is 4.39 Å². The zero-order valence-electron chi connectivity index (χ0n) is 19.9. The lowest BCUT2D eigenvalue weighted by Gasteiger charge is -2.04. The van der Waals surface area contributed by atoms with Gasteiger partial charge in [-0.15, -0.1) is 12.3 Å². The van der Waals surface area contributed by atoms with E-state index in [1.165, 1.54) is 25.3 Å². The molecule has 0 amide bonds. The van der Waals surface area contributed by atoms with Gasteiger partial charge in [-0.2, -0.15) is 0 Å². The van der Waals surface area contributed by atoms with E-state index >= 15 is 0 Å². The van der Waals surface area contributed by atoms with Crippen LogP contribution in [0.15, 0.2) is 18.2 Å². The minimum absolute atomic E-state index is 0.0694. The zero-order valence-corrected chi connectivity index (χ0v) is 19.9. The van der Waals surface area contributed by atoms with E-state index in [4.69, 9.17) is 6.42 Å². The van der Waals surface area contributed by atoms with Gasteiger partial charge in [0, 0.05) is 5.41 Å². The van der Waals surface area contributed by atoms with Crippen molar-refractivity contribution >= 4 is 0 Å². The summed E-state index contributed by atoms with van der Waals surface area (Å²) in [6, 6.07) is 5.09. The van der Waals surface area contributed by atoms with E-state index in [0.29, 0.717) is 0 Å². The van der Waals surface area contributed by atoms with E-state index in [2.05, 4.69) is 40.5 Å². The molecule has 0 atom stereocenters. The Labute approximate surface area is 166 Å². The fraction of sp³-hybridized carbons (Fsp3) is 0.680. The maximum atomic E-state index is 12.5. The maximum Gasteiger partial charge on any atom is 0.126 e. The van der Waals surface area contributed by atoms with Gasteiger partial charge in [0.25, 0.3) is 0 Å². The number of unbranched alkanes of at least 4 members (excludes halogenated alkanes) is 2. The molecule has 0 aliphatic carbocycles. The molecule has 0 aliphatic heterocycles. The van der Waals surface area contributed by atoms with Crippen LogP contribution >= 0.6 is 0 Å². The van der Waals surface area contributed by atoms with Gasteiger partial charge in [-0.3, -0.25) is 0 Å². The number of benzene rings is 1. The van der Waals surface area contributed by atoms with Crippen molar-refractivity contribution in [3.63, 3.8) is 0 Å². The lowest BCUT2D eigenvalue weighted by Crippen LogP contribution is -1.97. The Kier molecular flexibility index (Phi) is 27.1. The molecule has 0 saturated carbocycles. The van der Waals surface area contributed by atoms with Gasteiger partial charge >= 0.3 is 0 Å². The molecule has 26 heavy (non-hydrogen) atoms. The molecule has 1 rings (SSSR count). The Bertz CT molecular complexity index is 426. The Morgan fingerprint density at radius 2 is 1.35 bits per heavy atom. The number of aryl methyl sites for hydroxylation is 2. The van der Waals surface area contributed by atoms with Crippen LogP contribution in [0, 0.1) is 43.3 Å². The number of rotatable bonds is 2. The Balaban J connectivity index is -0.000000126. The van der Waals surface area contributed by atoms with Crippen LogP contribution in [0.4, 0.5) is 4.39 Å². The molecule has 0 spiro atoms. The predicted molar refractivity (Wildman–Crippen MR) is 121 cm³/mol. The lowest BCUT2D eigenvalue weighted by atomic mass is 9.99. The predicted octanol–water partition coefficient (Wildman–Crippen LogP) is 8.99. The van der Waals surface area contributed by atoms with Crippen molar-refractivity contribution in [3.8, 4) is 12.3 Å². The van der Waals surface area contributed by atoms with Crippen molar-refractivity contribution in [2.45, 2.75) is 102 Å². The van der Waals surface area contributed by atoms with E-state index in [1.54, 1.807) is 13.0 Å². The average molecular weight is 367 g/mol. The first kappa shape index (κ1) is 32.4. The summed E-state index contributed by atoms with van der Waals surface area (Å²) < 4.78 is 12.5. The van der Waals surface area contributed by atoms with Gasteiger partial charge in [0.2, 0.25) is 0 Å². The van der Waals surface area contributed by atoms with Crippen molar-refractivity contribution in [1.29, 1.82) is 0 Å². The van der Waals surface area contributed by atoms with Crippen LogP contribution in [0.3, 0.4) is 0 Å². The quantitative estimate of drug-likeness (QED) is 0.458. The summed E-state index contributed by atoms with van der Waals surface area (Å²) in [6.07, 6.45) is 9.13. The molecular formula is C25H47F. The Morgan fingerprint density at radius 3 is 1.50 bits per heavy atom. The van der Waals surface area contributed by atoms with Crippen molar-refractivity contribution in [1.82, 2.24) is 0 Å². The highest BCUT2D eigenvalue weighted by atomic mass is 19.1. The average Bonchev–Trinajstić information content (AvgIpc) is 2.54. The van der Waals surface area contributed by atoms with E-state index in [1.807, 2.05) is 47.6 Å². The Hall–Kier alpha value is -1.29. The molecule has 1 aromatic rings. The van der Waals surface area contributed by atoms with Crippen molar-refractivity contribution in [2.75, 3.05) is 0 Å². The van der Waals surface area contributed by atoms with Gasteiger partial charge in [-0.05, 0) is 52.2 Å². The lowest BCUT2D eigenvalue weighted by molar-refractivity contribution is 0.571. The van der Waals surface area contributed by atoms with Gasteiger partial charge in [0.1, 0.15) is 5.82 Å². The van der Waals surface area contributed by atoms with E-state index < -0.39 is 0 Å². The number of halogens is 1. The molecule has 0 fully saturated rings. The summed E-state index contributed by atoms with van der Waals surface area (Å²) in [7, 11) is 0. The van der Waals surface area contributed by atoms with Crippen LogP contribution in [0.1, 0.15) is 99.6 Å². The third-order valence-electron chi connectivity index (χ3n) is 2.45. The first-order valence-corrected chi connectivity index (χ1v) is 10.1. The van der Waals surface area contributed by atoms with E-state index in [-0.39, 0.29) is 11.2 Å². The zero-order chi connectivity index (χ0) is 21.8. The first-order valence-electron chi connectivity index (χ1n) is 10.1. The largest absolute Gasteiger partial charge is 0.207 e. The molecule has 0 saturated heterocycles. The molecule has 0 N–H and O–H groups in total. The molecule has 0 aromatic heterocycles. The van der Waals surface area contributed by atoms with Crippen LogP contribution in [-0.4, -0.2) is 0 Å². The molecule has 154 valence electrons. The third-order valence-corrected chi connectivity index (χ3v) is 2.45. The van der Waals surface area contributed by atoms with Crippen LogP contribution in [0.5, 0.6) is 0 Å². The van der Waals surface area contributed by atoms with Gasteiger partial charge in [-0.1, -0.05) is 85.4 Å². The normalized spacial score (nSPS) is 8.96. The number of hydrogen-bond donors (Lipinski definition) is 0. The third kappa shape index (κ3) is 38.3. The van der Waals surface area contributed by atoms with Crippen LogP contribution in [-0.2, 0) is 0 Å². The van der Waals surface area contributed by atoms with Crippen LogP contribution in [0.2, 0.25) is 0 Å². The van der Waals surface area contributed by atoms with E-state index in [0.717, 1.165) is 17.0 Å². The minimum Gasteiger partial charge on any atom is -0.207 e. The van der Waals surface area contributed by atoms with Gasteiger partial charge in [-0.25, -0.2) is 4.39 Å². The summed E-state index contributed by atoms with van der Waals surface area (Å²) in [5.41, 5.74) is 1.89. The highest BCUT2D eigenvalue weighted by Crippen LogP contribution is 2.08. The minimum atomic E-state index is -0.124. The van der Waals surface area contributed by atoms with Gasteiger partial charge < -0.3 is 0 Å². The topological polar surface area (TPSA) is 0 Å². The van der Waals surface area contributed by atoms with Crippen LogP contribution < -0.4 is 0 Å². The molecule has 0 aliphatic rings. The highest BCUT2D eigenvalue weighted by molar-refractivity contribution is 5.22. The van der Waals surface area contributed by atoms with Gasteiger partial charge in [0.15, 0.2) is 0 Å². The second kappa shape index (κ2) is 21.8. The van der Waals surface area contributed by atoms with Crippen molar-refractivity contribution in [2.24, 2.45) is 11.3 Å². The van der Waals surface area contributed by atoms with E-state index in [9.17, 15) is 4.39 Å². The van der Waals surface area contributed by atoms with Crippen molar-refractivity contribution in [3.05, 3.63) is 35.1 Å². The summed E-state index contributed by atoms with van der Waals surface area (Å²) >= 11 is 0. The standard InChI is InChI=1S/C8H9F.C6H10.C5H12.C4H10.C2H6/c1-6-3-4-8(9)7(2)5-6;1-5-6(2,3)4;1-3-5-4-2;1-4(2)3;1-2/h3-5H,1-2H3;1H,2-4H3;3-5H2,1-2H3;4H,1-3H3;1-2H3. The molecule has 0 heterocycles. The maximum absolute atomic E-state index is 12.5. The summed E-state index contributed by atoms with van der Waals surface area (Å²) in [6.45, 7) is 24.7. The summed E-state index contributed by atoms with van der Waals surface area (Å²) in [4.78, 5) is 0. The molecule has 0 unspecified atom stereocenters. The second-order valence-electron chi connectivity index (χ2n) is 7.73. The summed E-state index contributed by atoms with van der Waals surface area (Å²) in [5, 5.41) is 0. The number of hydrogen-bond acceptors (Lipinski definition) is 0. The monoisotopic (exact) mass is 366 g/mol. The fourth-order valence-corrected chi connectivity index (χ4v) is 1.15. The molecule has 0 nitrogen and oxygen atoms in total. The highest BCUT2D eigenvalue weighted by Gasteiger charge is 2.00. The molecular weight excluding hydrogens is 319 g/mol. The Morgan fingerprint density at radius 1 is 1.00 bits per heavy atom. The second-order valence-corrected chi connectivity index (χ2v) is 7.73. The smallest absolute Gasteiger partial charge is 0.126 e. The fourth-order valence-electron chi connectivity index (χ4n) is 1.15. The van der Waals surface area contributed by atoms with Gasteiger partial charge in [0.05, 0.1) is 0 Å². The molecule has 1 heteroatoms. The number of terminal acetylenes is 1.